The van der Waals surface area contributed by atoms with Gasteiger partial charge < -0.3 is 5.32 Å². The molecule has 0 fully saturated rings. The molecule has 0 aliphatic carbocycles. The predicted molar refractivity (Wildman–Crippen MR) is 82.8 cm³/mol. The number of nitrogens with one attached hydrogen (secondary N) is 1. The molecular weight excluding hydrogens is 246 g/mol. The standard InChI is InChI=1S/C17H17N3/c1-12-6-5-9-18-16(12)11-19-17-13(2)10-14-7-3-4-8-15(14)20-17/h3-10H,11H2,1-2H3,(H,19,20). The summed E-state index contributed by atoms with van der Waals surface area (Å²) in [5.74, 6) is 0.925. The summed E-state index contributed by atoms with van der Waals surface area (Å²) in [5, 5.41) is 4.56. The maximum absolute atomic E-state index is 4.68. The van der Waals surface area contributed by atoms with Crippen molar-refractivity contribution in [1.82, 2.24) is 9.97 Å². The maximum atomic E-state index is 4.68. The van der Waals surface area contributed by atoms with Gasteiger partial charge in [0.15, 0.2) is 0 Å². The molecule has 0 saturated heterocycles. The van der Waals surface area contributed by atoms with E-state index < -0.39 is 0 Å². The van der Waals surface area contributed by atoms with Gasteiger partial charge in [-0.3, -0.25) is 4.98 Å². The molecule has 1 aromatic carbocycles. The molecule has 2 aromatic heterocycles. The SMILES string of the molecule is Cc1cccnc1CNc1nc2ccccc2cc1C. The van der Waals surface area contributed by atoms with Crippen LogP contribution in [-0.4, -0.2) is 9.97 Å². The van der Waals surface area contributed by atoms with Crippen LogP contribution in [0.1, 0.15) is 16.8 Å². The van der Waals surface area contributed by atoms with E-state index in [4.69, 9.17) is 0 Å². The number of para-hydroxylation sites is 1. The third-order valence-corrected chi connectivity index (χ3v) is 3.46. The van der Waals surface area contributed by atoms with Crippen molar-refractivity contribution in [2.24, 2.45) is 0 Å². The second-order valence-electron chi connectivity index (χ2n) is 4.97. The fourth-order valence-corrected chi connectivity index (χ4v) is 2.27. The van der Waals surface area contributed by atoms with Gasteiger partial charge in [-0.05, 0) is 43.2 Å². The Labute approximate surface area is 118 Å². The van der Waals surface area contributed by atoms with Gasteiger partial charge in [0.2, 0.25) is 0 Å². The molecule has 3 rings (SSSR count). The molecule has 1 N–H and O–H groups in total. The predicted octanol–water partition coefficient (Wildman–Crippen LogP) is 3.86. The van der Waals surface area contributed by atoms with Crippen LogP contribution in [0.3, 0.4) is 0 Å². The molecule has 0 amide bonds. The van der Waals surface area contributed by atoms with Crippen molar-refractivity contribution in [1.29, 1.82) is 0 Å². The first-order chi connectivity index (χ1) is 9.74. The van der Waals surface area contributed by atoms with Gasteiger partial charge in [-0.15, -0.1) is 0 Å². The molecule has 0 aliphatic rings. The van der Waals surface area contributed by atoms with Crippen molar-refractivity contribution < 1.29 is 0 Å². The van der Waals surface area contributed by atoms with Gasteiger partial charge in [0.1, 0.15) is 5.82 Å². The number of hydrogen-bond donors (Lipinski definition) is 1. The van der Waals surface area contributed by atoms with Crippen LogP contribution >= 0.6 is 0 Å². The highest BCUT2D eigenvalue weighted by atomic mass is 15.0. The Hall–Kier alpha value is -2.42. The third kappa shape index (κ3) is 2.48. The number of hydrogen-bond acceptors (Lipinski definition) is 3. The van der Waals surface area contributed by atoms with E-state index >= 15 is 0 Å². The summed E-state index contributed by atoms with van der Waals surface area (Å²) >= 11 is 0. The molecule has 0 aliphatic heterocycles. The van der Waals surface area contributed by atoms with Crippen LogP contribution in [0, 0.1) is 13.8 Å². The number of nitrogens with zero attached hydrogens (tertiary/aromatic N) is 2. The fraction of sp³-hybridized carbons (Fsp3) is 0.176. The average Bonchev–Trinajstić information content (AvgIpc) is 2.46. The summed E-state index contributed by atoms with van der Waals surface area (Å²) in [7, 11) is 0. The van der Waals surface area contributed by atoms with Gasteiger partial charge in [0, 0.05) is 11.6 Å². The van der Waals surface area contributed by atoms with E-state index in [0.29, 0.717) is 6.54 Å². The zero-order chi connectivity index (χ0) is 13.9. The van der Waals surface area contributed by atoms with E-state index in [9.17, 15) is 0 Å². The van der Waals surface area contributed by atoms with Gasteiger partial charge in [-0.1, -0.05) is 24.3 Å². The molecule has 3 nitrogen and oxygen atoms in total. The fourth-order valence-electron chi connectivity index (χ4n) is 2.27. The number of anilines is 1. The molecule has 0 saturated carbocycles. The minimum absolute atomic E-state index is 0.693. The topological polar surface area (TPSA) is 37.8 Å². The van der Waals surface area contributed by atoms with Crippen LogP contribution in [0.2, 0.25) is 0 Å². The molecule has 100 valence electrons. The molecule has 3 heteroatoms. The number of fused-ring (bicyclic) bond motifs is 1. The number of aromatic nitrogens is 2. The highest BCUT2D eigenvalue weighted by Crippen LogP contribution is 2.20. The molecule has 0 spiro atoms. The minimum Gasteiger partial charge on any atom is -0.364 e. The molecule has 20 heavy (non-hydrogen) atoms. The van der Waals surface area contributed by atoms with Crippen LogP contribution in [0.25, 0.3) is 10.9 Å². The van der Waals surface area contributed by atoms with Gasteiger partial charge in [0.25, 0.3) is 0 Å². The van der Waals surface area contributed by atoms with Crippen molar-refractivity contribution in [3.63, 3.8) is 0 Å². The van der Waals surface area contributed by atoms with Crippen molar-refractivity contribution in [3.8, 4) is 0 Å². The van der Waals surface area contributed by atoms with E-state index in [0.717, 1.165) is 22.6 Å². The average molecular weight is 263 g/mol. The van der Waals surface area contributed by atoms with Crippen LogP contribution in [0.15, 0.2) is 48.7 Å². The number of benzene rings is 1. The normalized spacial score (nSPS) is 10.7. The van der Waals surface area contributed by atoms with E-state index in [1.165, 1.54) is 10.9 Å². The Balaban J connectivity index is 1.87. The Morgan fingerprint density at radius 3 is 2.70 bits per heavy atom. The number of rotatable bonds is 3. The van der Waals surface area contributed by atoms with Crippen LogP contribution in [0.5, 0.6) is 0 Å². The largest absolute Gasteiger partial charge is 0.364 e. The van der Waals surface area contributed by atoms with E-state index in [1.807, 2.05) is 30.5 Å². The zero-order valence-corrected chi connectivity index (χ0v) is 11.7. The molecule has 2 heterocycles. The second kappa shape index (κ2) is 5.29. The maximum Gasteiger partial charge on any atom is 0.129 e. The van der Waals surface area contributed by atoms with Gasteiger partial charge in [0.05, 0.1) is 17.8 Å². The van der Waals surface area contributed by atoms with Crippen LogP contribution in [0.4, 0.5) is 5.82 Å². The van der Waals surface area contributed by atoms with Crippen LogP contribution < -0.4 is 5.32 Å². The molecule has 0 radical (unpaired) electrons. The molecule has 0 unspecified atom stereocenters. The lowest BCUT2D eigenvalue weighted by Crippen LogP contribution is -2.06. The summed E-state index contributed by atoms with van der Waals surface area (Å²) in [6.07, 6.45) is 1.82. The zero-order valence-electron chi connectivity index (χ0n) is 11.7. The van der Waals surface area contributed by atoms with Crippen LogP contribution in [-0.2, 0) is 6.54 Å². The highest BCUT2D eigenvalue weighted by molar-refractivity contribution is 5.81. The van der Waals surface area contributed by atoms with Crippen molar-refractivity contribution in [2.45, 2.75) is 20.4 Å². The number of pyridine rings is 2. The smallest absolute Gasteiger partial charge is 0.129 e. The molecule has 0 atom stereocenters. The lowest BCUT2D eigenvalue weighted by atomic mass is 10.1. The molecule has 0 bridgehead atoms. The first kappa shape index (κ1) is 12.6. The molecule has 3 aromatic rings. The highest BCUT2D eigenvalue weighted by Gasteiger charge is 2.04. The lowest BCUT2D eigenvalue weighted by Gasteiger charge is -2.11. The summed E-state index contributed by atoms with van der Waals surface area (Å²) in [6.45, 7) is 4.84. The monoisotopic (exact) mass is 263 g/mol. The van der Waals surface area contributed by atoms with Gasteiger partial charge in [-0.2, -0.15) is 0 Å². The van der Waals surface area contributed by atoms with Gasteiger partial charge >= 0.3 is 0 Å². The second-order valence-corrected chi connectivity index (χ2v) is 4.97. The van der Waals surface area contributed by atoms with Crippen molar-refractivity contribution >= 4 is 16.7 Å². The quantitative estimate of drug-likeness (QED) is 0.779. The Bertz CT molecular complexity index is 750. The number of aryl methyl sites for hydroxylation is 2. The van der Waals surface area contributed by atoms with Crippen molar-refractivity contribution in [3.05, 3.63) is 65.5 Å². The summed E-state index contributed by atoms with van der Waals surface area (Å²) < 4.78 is 0. The lowest BCUT2D eigenvalue weighted by molar-refractivity contribution is 1.00. The van der Waals surface area contributed by atoms with Crippen molar-refractivity contribution in [2.75, 3.05) is 5.32 Å². The summed E-state index contributed by atoms with van der Waals surface area (Å²) in [6, 6.07) is 14.4. The minimum atomic E-state index is 0.693. The van der Waals surface area contributed by atoms with E-state index in [2.05, 4.69) is 47.3 Å². The Kier molecular flexibility index (Phi) is 3.33. The first-order valence-corrected chi connectivity index (χ1v) is 6.75. The third-order valence-electron chi connectivity index (χ3n) is 3.46. The van der Waals surface area contributed by atoms with E-state index in [-0.39, 0.29) is 0 Å². The summed E-state index contributed by atoms with van der Waals surface area (Å²) in [4.78, 5) is 9.08. The molecular formula is C17H17N3. The summed E-state index contributed by atoms with van der Waals surface area (Å²) in [5.41, 5.74) is 4.41. The first-order valence-electron chi connectivity index (χ1n) is 6.75. The Morgan fingerprint density at radius 1 is 1.00 bits per heavy atom. The van der Waals surface area contributed by atoms with Gasteiger partial charge in [-0.25, -0.2) is 4.98 Å². The van der Waals surface area contributed by atoms with E-state index in [1.54, 1.807) is 0 Å². The Morgan fingerprint density at radius 2 is 1.85 bits per heavy atom.